The average molecular weight is 610 g/mol. The number of esters is 1. The molecule has 2 aliphatic rings. The van der Waals surface area contributed by atoms with Gasteiger partial charge in [0, 0.05) is 5.56 Å². The minimum atomic E-state index is -0.774. The van der Waals surface area contributed by atoms with Crippen molar-refractivity contribution >= 4 is 23.4 Å². The molecule has 3 heterocycles. The summed E-state index contributed by atoms with van der Waals surface area (Å²) < 4.78 is 29.9. The van der Waals surface area contributed by atoms with E-state index in [1.807, 2.05) is 24.3 Å². The first kappa shape index (κ1) is 28.8. The molecule has 0 fully saturated rings. The Labute approximate surface area is 256 Å². The Morgan fingerprint density at radius 1 is 1.14 bits per heavy atom. The van der Waals surface area contributed by atoms with Gasteiger partial charge in [-0.25, -0.2) is 9.79 Å². The van der Waals surface area contributed by atoms with Crippen LogP contribution in [0.4, 0.5) is 0 Å². The zero-order valence-electron chi connectivity index (χ0n) is 24.2. The molecule has 0 radical (unpaired) electrons. The van der Waals surface area contributed by atoms with Crippen LogP contribution in [0.2, 0.25) is 0 Å². The van der Waals surface area contributed by atoms with Gasteiger partial charge in [0.2, 0.25) is 6.79 Å². The molecule has 10 nitrogen and oxygen atoms in total. The summed E-state index contributed by atoms with van der Waals surface area (Å²) in [5, 5.41) is 9.37. The average Bonchev–Trinajstić information content (AvgIpc) is 3.63. The third-order valence-corrected chi connectivity index (χ3v) is 8.22. The van der Waals surface area contributed by atoms with Crippen molar-refractivity contribution in [2.75, 3.05) is 20.5 Å². The van der Waals surface area contributed by atoms with Crippen LogP contribution < -0.4 is 33.8 Å². The van der Waals surface area contributed by atoms with Gasteiger partial charge in [0.1, 0.15) is 6.61 Å². The fourth-order valence-electron chi connectivity index (χ4n) is 5.15. The van der Waals surface area contributed by atoms with Crippen LogP contribution in [0.3, 0.4) is 0 Å². The maximum absolute atomic E-state index is 14.0. The highest BCUT2D eigenvalue weighted by atomic mass is 32.1. The maximum Gasteiger partial charge on any atom is 0.338 e. The van der Waals surface area contributed by atoms with Crippen LogP contribution in [-0.4, -0.2) is 31.0 Å². The summed E-state index contributed by atoms with van der Waals surface area (Å²) in [5.41, 5.74) is 3.12. The number of methoxy groups -OCH3 is 1. The van der Waals surface area contributed by atoms with Gasteiger partial charge < -0.3 is 23.7 Å². The molecule has 1 atom stereocenters. The van der Waals surface area contributed by atoms with Gasteiger partial charge in [0.15, 0.2) is 27.8 Å². The number of benzene rings is 3. The number of ether oxygens (including phenoxy) is 5. The van der Waals surface area contributed by atoms with E-state index in [0.717, 1.165) is 5.56 Å². The van der Waals surface area contributed by atoms with Crippen molar-refractivity contribution in [1.82, 2.24) is 4.57 Å². The number of thiazole rings is 1. The second kappa shape index (κ2) is 12.1. The molecule has 2 aliphatic heterocycles. The number of nitriles is 1. The summed E-state index contributed by atoms with van der Waals surface area (Å²) in [6, 6.07) is 19.3. The molecule has 0 N–H and O–H groups in total. The number of nitrogens with zero attached hydrogens (tertiary/aromatic N) is 3. The molecule has 3 aromatic carbocycles. The monoisotopic (exact) mass is 609 g/mol. The van der Waals surface area contributed by atoms with Crippen LogP contribution in [0.5, 0.6) is 23.0 Å². The van der Waals surface area contributed by atoms with E-state index in [2.05, 4.69) is 11.1 Å². The minimum absolute atomic E-state index is 0.0988. The molecule has 0 bridgehead atoms. The summed E-state index contributed by atoms with van der Waals surface area (Å²) in [5.74, 6) is 1.56. The molecule has 0 spiro atoms. The van der Waals surface area contributed by atoms with E-state index >= 15 is 0 Å². The van der Waals surface area contributed by atoms with E-state index in [4.69, 9.17) is 23.7 Å². The Kier molecular flexibility index (Phi) is 7.91. The first-order valence-electron chi connectivity index (χ1n) is 13.8. The molecule has 4 aromatic rings. The Morgan fingerprint density at radius 2 is 1.95 bits per heavy atom. The zero-order chi connectivity index (χ0) is 30.8. The molecule has 0 saturated carbocycles. The number of carbonyl (C=O) groups excluding carboxylic acids is 1. The first-order valence-corrected chi connectivity index (χ1v) is 14.6. The van der Waals surface area contributed by atoms with E-state index in [9.17, 15) is 14.9 Å². The summed E-state index contributed by atoms with van der Waals surface area (Å²) in [6.07, 6.45) is 1.75. The number of rotatable bonds is 8. The first-order chi connectivity index (χ1) is 21.4. The van der Waals surface area contributed by atoms with Gasteiger partial charge in [-0.1, -0.05) is 41.7 Å². The molecule has 1 aromatic heterocycles. The Balaban J connectivity index is 1.39. The van der Waals surface area contributed by atoms with Crippen molar-refractivity contribution in [3.8, 4) is 29.1 Å². The largest absolute Gasteiger partial charge is 0.493 e. The summed E-state index contributed by atoms with van der Waals surface area (Å²) >= 11 is 1.22. The highest BCUT2D eigenvalue weighted by Gasteiger charge is 2.34. The lowest BCUT2D eigenvalue weighted by Gasteiger charge is -2.24. The van der Waals surface area contributed by atoms with Crippen LogP contribution in [0.1, 0.15) is 42.1 Å². The number of fused-ring (bicyclic) bond motifs is 2. The molecule has 0 unspecified atom stereocenters. The molecule has 0 aliphatic carbocycles. The second-order valence-electron chi connectivity index (χ2n) is 9.88. The van der Waals surface area contributed by atoms with Crippen LogP contribution in [0.15, 0.2) is 81.7 Å². The molecule has 44 heavy (non-hydrogen) atoms. The van der Waals surface area contributed by atoms with Gasteiger partial charge in [0.25, 0.3) is 5.56 Å². The number of allylic oxidation sites excluding steroid dienone is 1. The molecule has 0 amide bonds. The normalized spacial score (nSPS) is 15.3. The van der Waals surface area contributed by atoms with Gasteiger partial charge >= 0.3 is 5.97 Å². The summed E-state index contributed by atoms with van der Waals surface area (Å²) in [4.78, 5) is 32.2. The Morgan fingerprint density at radius 3 is 2.75 bits per heavy atom. The number of aromatic nitrogens is 1. The topological polar surface area (TPSA) is 121 Å². The van der Waals surface area contributed by atoms with Crippen molar-refractivity contribution in [1.29, 1.82) is 5.26 Å². The van der Waals surface area contributed by atoms with E-state index < -0.39 is 12.0 Å². The van der Waals surface area contributed by atoms with Gasteiger partial charge in [-0.3, -0.25) is 9.36 Å². The quantitative estimate of drug-likeness (QED) is 0.275. The predicted octanol–water partition coefficient (Wildman–Crippen LogP) is 3.99. The highest BCUT2D eigenvalue weighted by molar-refractivity contribution is 7.07. The van der Waals surface area contributed by atoms with Gasteiger partial charge in [-0.05, 0) is 61.4 Å². The third kappa shape index (κ3) is 5.31. The predicted molar refractivity (Wildman–Crippen MR) is 161 cm³/mol. The summed E-state index contributed by atoms with van der Waals surface area (Å²) in [7, 11) is 1.54. The van der Waals surface area contributed by atoms with Crippen molar-refractivity contribution < 1.29 is 28.5 Å². The lowest BCUT2D eigenvalue weighted by molar-refractivity contribution is -0.139. The van der Waals surface area contributed by atoms with Crippen molar-refractivity contribution in [2.45, 2.75) is 26.5 Å². The third-order valence-electron chi connectivity index (χ3n) is 7.24. The maximum atomic E-state index is 14.0. The van der Waals surface area contributed by atoms with Gasteiger partial charge in [-0.15, -0.1) is 0 Å². The van der Waals surface area contributed by atoms with Crippen molar-refractivity contribution in [2.24, 2.45) is 4.99 Å². The van der Waals surface area contributed by atoms with Crippen molar-refractivity contribution in [3.63, 3.8) is 0 Å². The van der Waals surface area contributed by atoms with Gasteiger partial charge in [0.05, 0.1) is 47.2 Å². The van der Waals surface area contributed by atoms with E-state index in [-0.39, 0.29) is 31.1 Å². The lowest BCUT2D eigenvalue weighted by Crippen LogP contribution is -2.39. The van der Waals surface area contributed by atoms with Crippen LogP contribution >= 0.6 is 11.3 Å². The zero-order valence-corrected chi connectivity index (χ0v) is 25.0. The van der Waals surface area contributed by atoms with E-state index in [1.165, 1.54) is 23.0 Å². The summed E-state index contributed by atoms with van der Waals surface area (Å²) in [6.45, 7) is 3.94. The molecular formula is C33H27N3O7S. The minimum Gasteiger partial charge on any atom is -0.493 e. The molecular weight excluding hydrogens is 582 g/mol. The van der Waals surface area contributed by atoms with Crippen LogP contribution in [-0.2, 0) is 16.1 Å². The smallest absolute Gasteiger partial charge is 0.338 e. The fraction of sp³-hybridized carbons (Fsp3) is 0.212. The van der Waals surface area contributed by atoms with E-state index in [0.29, 0.717) is 54.7 Å². The van der Waals surface area contributed by atoms with Crippen LogP contribution in [0, 0.1) is 11.3 Å². The van der Waals surface area contributed by atoms with Crippen molar-refractivity contribution in [3.05, 3.63) is 114 Å². The number of carbonyl (C=O) groups is 1. The van der Waals surface area contributed by atoms with Gasteiger partial charge in [-0.2, -0.15) is 5.26 Å². The lowest BCUT2D eigenvalue weighted by atomic mass is 9.95. The number of hydrogen-bond acceptors (Lipinski definition) is 10. The SMILES string of the molecule is CCOC(=O)C1=C(C)N=c2sc(=Cc3ccc(OCc4ccccc4C#N)c(OC)c3)c(=O)n2[C@H]1c1ccc2c(c1)OCO2. The Hall–Kier alpha value is -5.34. The second-order valence-corrected chi connectivity index (χ2v) is 10.9. The standard InChI is InChI=1S/C33H27N3O7S/c1-4-40-32(38)29-19(2)35-33-36(30(29)21-10-12-25-27(15-21)43-18-42-25)31(37)28(44-33)14-20-9-11-24(26(13-20)39-3)41-17-23-8-6-5-7-22(23)16-34/h5-15,30H,4,17-18H2,1-3H3/t30-/m0/s1. The highest BCUT2D eigenvalue weighted by Crippen LogP contribution is 2.38. The molecule has 0 saturated heterocycles. The Bertz CT molecular complexity index is 2040. The number of hydrogen-bond donors (Lipinski definition) is 0. The molecule has 6 rings (SSSR count). The molecule has 222 valence electrons. The van der Waals surface area contributed by atoms with Crippen LogP contribution in [0.25, 0.3) is 6.08 Å². The van der Waals surface area contributed by atoms with E-state index in [1.54, 1.807) is 56.3 Å². The molecule has 11 heteroatoms. The fourth-order valence-corrected chi connectivity index (χ4v) is 6.19.